The van der Waals surface area contributed by atoms with Crippen LogP contribution in [-0.4, -0.2) is 36.5 Å². The van der Waals surface area contributed by atoms with E-state index in [-0.39, 0.29) is 24.2 Å². The average Bonchev–Trinajstić information content (AvgIpc) is 2.40. The third-order valence-electron chi connectivity index (χ3n) is 3.31. The second-order valence-corrected chi connectivity index (χ2v) is 5.93. The Hall–Kier alpha value is -1.95. The molecule has 3 N–H and O–H groups in total. The molecule has 0 bridgehead atoms. The minimum absolute atomic E-state index is 0.183. The molecule has 2 rings (SSSR count). The number of amides is 2. The number of hydrogen-bond donors (Lipinski definition) is 3. The second kappa shape index (κ2) is 6.22. The van der Waals surface area contributed by atoms with Crippen molar-refractivity contribution in [2.75, 3.05) is 13.1 Å². The lowest BCUT2D eigenvalue weighted by Crippen LogP contribution is -2.61. The zero-order valence-corrected chi connectivity index (χ0v) is 12.2. The van der Waals surface area contributed by atoms with Gasteiger partial charge in [0.1, 0.15) is 11.9 Å². The Bertz CT molecular complexity index is 528. The van der Waals surface area contributed by atoms with Gasteiger partial charge in [-0.15, -0.1) is 0 Å². The molecule has 0 aliphatic carbocycles. The second-order valence-electron chi connectivity index (χ2n) is 5.93. The topological polar surface area (TPSA) is 70.2 Å². The Morgan fingerprint density at radius 1 is 1.38 bits per heavy atom. The molecular formula is C15H20FN3O2. The molecule has 1 aliphatic rings. The van der Waals surface area contributed by atoms with Crippen molar-refractivity contribution in [1.29, 1.82) is 0 Å². The number of halogens is 1. The molecule has 1 atom stereocenters. The molecule has 21 heavy (non-hydrogen) atoms. The summed E-state index contributed by atoms with van der Waals surface area (Å²) in [4.78, 5) is 23.5. The Morgan fingerprint density at radius 2 is 2.05 bits per heavy atom. The summed E-state index contributed by atoms with van der Waals surface area (Å²) in [6, 6.07) is 5.65. The van der Waals surface area contributed by atoms with Crippen molar-refractivity contribution >= 4 is 11.8 Å². The molecule has 1 fully saturated rings. The van der Waals surface area contributed by atoms with Gasteiger partial charge in [-0.1, -0.05) is 12.1 Å². The number of hydrogen-bond acceptors (Lipinski definition) is 3. The largest absolute Gasteiger partial charge is 0.349 e. The van der Waals surface area contributed by atoms with Crippen LogP contribution in [0.15, 0.2) is 24.3 Å². The van der Waals surface area contributed by atoms with Crippen LogP contribution in [-0.2, 0) is 16.0 Å². The van der Waals surface area contributed by atoms with E-state index in [0.717, 1.165) is 5.56 Å². The molecule has 114 valence electrons. The van der Waals surface area contributed by atoms with Crippen molar-refractivity contribution in [3.63, 3.8) is 0 Å². The van der Waals surface area contributed by atoms with Gasteiger partial charge in [0, 0.05) is 12.1 Å². The van der Waals surface area contributed by atoms with Crippen molar-refractivity contribution in [3.05, 3.63) is 35.6 Å². The van der Waals surface area contributed by atoms with E-state index in [4.69, 9.17) is 0 Å². The molecule has 1 aliphatic heterocycles. The highest BCUT2D eigenvalue weighted by Gasteiger charge is 2.29. The van der Waals surface area contributed by atoms with Crippen molar-refractivity contribution < 1.29 is 14.0 Å². The van der Waals surface area contributed by atoms with Crippen LogP contribution in [0.2, 0.25) is 0 Å². The van der Waals surface area contributed by atoms with Gasteiger partial charge in [0.05, 0.1) is 6.54 Å². The van der Waals surface area contributed by atoms with E-state index >= 15 is 0 Å². The van der Waals surface area contributed by atoms with Crippen molar-refractivity contribution in [2.45, 2.75) is 31.8 Å². The summed E-state index contributed by atoms with van der Waals surface area (Å²) in [5.41, 5.74) is 0.449. The quantitative estimate of drug-likeness (QED) is 0.750. The van der Waals surface area contributed by atoms with Gasteiger partial charge in [-0.25, -0.2) is 4.39 Å². The van der Waals surface area contributed by atoms with Crippen LogP contribution >= 0.6 is 0 Å². The predicted octanol–water partition coefficient (Wildman–Crippen LogP) is 0.351. The Kier molecular flexibility index (Phi) is 4.57. The summed E-state index contributed by atoms with van der Waals surface area (Å²) < 4.78 is 12.9. The standard InChI is InChI=1S/C15H20FN3O2/c1-15(2,7-10-3-5-11(16)6-4-10)19-14(21)12-8-17-9-13(20)18-12/h3-6,12,17H,7-9H2,1-2H3,(H,18,20)(H,19,21)/t12-/m1/s1. The predicted molar refractivity (Wildman–Crippen MR) is 77.1 cm³/mol. The fourth-order valence-corrected chi connectivity index (χ4v) is 2.36. The van der Waals surface area contributed by atoms with Gasteiger partial charge in [0.25, 0.3) is 0 Å². The number of carbonyl (C=O) groups is 2. The summed E-state index contributed by atoms with van der Waals surface area (Å²) in [6.45, 7) is 4.45. The van der Waals surface area contributed by atoms with Crippen LogP contribution in [0, 0.1) is 5.82 Å². The molecular weight excluding hydrogens is 273 g/mol. The summed E-state index contributed by atoms with van der Waals surface area (Å²) in [6.07, 6.45) is 0.577. The maximum absolute atomic E-state index is 12.9. The molecule has 1 heterocycles. The van der Waals surface area contributed by atoms with Crippen LogP contribution in [0.3, 0.4) is 0 Å². The lowest BCUT2D eigenvalue weighted by molar-refractivity contribution is -0.131. The molecule has 1 aromatic carbocycles. The minimum atomic E-state index is -0.557. The summed E-state index contributed by atoms with van der Waals surface area (Å²) in [7, 11) is 0. The SMILES string of the molecule is CC(C)(Cc1ccc(F)cc1)NC(=O)[C@H]1CNCC(=O)N1. The van der Waals surface area contributed by atoms with E-state index < -0.39 is 11.6 Å². The third kappa shape index (κ3) is 4.53. The molecule has 0 unspecified atom stereocenters. The number of carbonyl (C=O) groups excluding carboxylic acids is 2. The van der Waals surface area contributed by atoms with Crippen molar-refractivity contribution in [3.8, 4) is 0 Å². The summed E-state index contributed by atoms with van der Waals surface area (Å²) in [5, 5.41) is 8.46. The molecule has 1 saturated heterocycles. The molecule has 0 saturated carbocycles. The maximum Gasteiger partial charge on any atom is 0.244 e. The minimum Gasteiger partial charge on any atom is -0.349 e. The summed E-state index contributed by atoms with van der Waals surface area (Å²) in [5.74, 6) is -0.683. The lowest BCUT2D eigenvalue weighted by atomic mass is 9.94. The fraction of sp³-hybridized carbons (Fsp3) is 0.467. The van der Waals surface area contributed by atoms with Gasteiger partial charge >= 0.3 is 0 Å². The fourth-order valence-electron chi connectivity index (χ4n) is 2.36. The molecule has 0 spiro atoms. The van der Waals surface area contributed by atoms with Gasteiger partial charge in [0.15, 0.2) is 0 Å². The van der Waals surface area contributed by atoms with Gasteiger partial charge < -0.3 is 16.0 Å². The number of benzene rings is 1. The monoisotopic (exact) mass is 293 g/mol. The highest BCUT2D eigenvalue weighted by molar-refractivity contribution is 5.90. The number of rotatable bonds is 4. The molecule has 0 aromatic heterocycles. The van der Waals surface area contributed by atoms with Gasteiger partial charge in [-0.05, 0) is 38.0 Å². The van der Waals surface area contributed by atoms with E-state index in [2.05, 4.69) is 16.0 Å². The first-order valence-electron chi connectivity index (χ1n) is 6.92. The van der Waals surface area contributed by atoms with Gasteiger partial charge in [-0.3, -0.25) is 9.59 Å². The van der Waals surface area contributed by atoms with Crippen LogP contribution in [0.25, 0.3) is 0 Å². The zero-order chi connectivity index (χ0) is 15.5. The first-order valence-corrected chi connectivity index (χ1v) is 6.92. The molecule has 2 amide bonds. The normalized spacial score (nSPS) is 19.0. The Balaban J connectivity index is 1.94. The van der Waals surface area contributed by atoms with Crippen molar-refractivity contribution in [2.24, 2.45) is 0 Å². The average molecular weight is 293 g/mol. The zero-order valence-electron chi connectivity index (χ0n) is 12.2. The van der Waals surface area contributed by atoms with Crippen molar-refractivity contribution in [1.82, 2.24) is 16.0 Å². The van der Waals surface area contributed by atoms with E-state index in [9.17, 15) is 14.0 Å². The highest BCUT2D eigenvalue weighted by Crippen LogP contribution is 2.13. The van der Waals surface area contributed by atoms with Gasteiger partial charge in [-0.2, -0.15) is 0 Å². The Morgan fingerprint density at radius 3 is 2.67 bits per heavy atom. The molecule has 5 nitrogen and oxygen atoms in total. The van der Waals surface area contributed by atoms with E-state index in [1.165, 1.54) is 12.1 Å². The van der Waals surface area contributed by atoms with Crippen LogP contribution in [0.1, 0.15) is 19.4 Å². The van der Waals surface area contributed by atoms with Crippen LogP contribution < -0.4 is 16.0 Å². The number of piperazine rings is 1. The molecule has 1 aromatic rings. The van der Waals surface area contributed by atoms with E-state index in [0.29, 0.717) is 13.0 Å². The van der Waals surface area contributed by atoms with Crippen LogP contribution in [0.5, 0.6) is 0 Å². The van der Waals surface area contributed by atoms with Crippen LogP contribution in [0.4, 0.5) is 4.39 Å². The first kappa shape index (κ1) is 15.4. The molecule has 6 heteroatoms. The highest BCUT2D eigenvalue weighted by atomic mass is 19.1. The smallest absolute Gasteiger partial charge is 0.244 e. The third-order valence-corrected chi connectivity index (χ3v) is 3.31. The maximum atomic E-state index is 12.9. The Labute approximate surface area is 123 Å². The lowest BCUT2D eigenvalue weighted by Gasteiger charge is -2.31. The van der Waals surface area contributed by atoms with Gasteiger partial charge in [0.2, 0.25) is 11.8 Å². The van der Waals surface area contributed by atoms with E-state index in [1.54, 1.807) is 12.1 Å². The van der Waals surface area contributed by atoms with E-state index in [1.807, 2.05) is 13.8 Å². The number of nitrogens with one attached hydrogen (secondary N) is 3. The molecule has 0 radical (unpaired) electrons. The first-order chi connectivity index (χ1) is 9.85. The summed E-state index contributed by atoms with van der Waals surface area (Å²) >= 11 is 0.